The van der Waals surface area contributed by atoms with Crippen molar-refractivity contribution in [2.75, 3.05) is 13.1 Å². The van der Waals surface area contributed by atoms with Crippen molar-refractivity contribution in [1.82, 2.24) is 19.7 Å². The average molecular weight is 332 g/mol. The Morgan fingerprint density at radius 2 is 2.35 bits per heavy atom. The molecule has 2 aromatic heterocycles. The van der Waals surface area contributed by atoms with Crippen molar-refractivity contribution in [1.29, 1.82) is 0 Å². The van der Waals surface area contributed by atoms with Crippen LogP contribution in [0, 0.1) is 5.92 Å². The zero-order chi connectivity index (χ0) is 16.2. The van der Waals surface area contributed by atoms with Crippen LogP contribution in [-0.2, 0) is 17.6 Å². The summed E-state index contributed by atoms with van der Waals surface area (Å²) in [5.41, 5.74) is 0. The first-order valence-electron chi connectivity index (χ1n) is 8.32. The van der Waals surface area contributed by atoms with Gasteiger partial charge in [0.2, 0.25) is 5.91 Å². The van der Waals surface area contributed by atoms with Crippen LogP contribution >= 0.6 is 11.3 Å². The van der Waals surface area contributed by atoms with Gasteiger partial charge in [-0.1, -0.05) is 6.07 Å². The van der Waals surface area contributed by atoms with Gasteiger partial charge in [0, 0.05) is 30.4 Å². The number of hydrogen-bond acceptors (Lipinski definition) is 4. The molecule has 0 radical (unpaired) electrons. The van der Waals surface area contributed by atoms with E-state index in [1.165, 1.54) is 0 Å². The zero-order valence-electron chi connectivity index (χ0n) is 13.8. The summed E-state index contributed by atoms with van der Waals surface area (Å²) in [6.07, 6.45) is 5.49. The highest BCUT2D eigenvalue weighted by molar-refractivity contribution is 7.10. The Morgan fingerprint density at radius 1 is 1.48 bits per heavy atom. The van der Waals surface area contributed by atoms with Gasteiger partial charge >= 0.3 is 0 Å². The maximum Gasteiger partial charge on any atom is 0.227 e. The highest BCUT2D eigenvalue weighted by Gasteiger charge is 2.25. The predicted molar refractivity (Wildman–Crippen MR) is 91.4 cm³/mol. The highest BCUT2D eigenvalue weighted by Crippen LogP contribution is 2.22. The van der Waals surface area contributed by atoms with Crippen molar-refractivity contribution < 1.29 is 4.79 Å². The summed E-state index contributed by atoms with van der Waals surface area (Å²) in [4.78, 5) is 15.7. The molecule has 0 aliphatic carbocycles. The minimum Gasteiger partial charge on any atom is -0.342 e. The summed E-state index contributed by atoms with van der Waals surface area (Å²) in [5.74, 6) is 1.78. The fourth-order valence-electron chi connectivity index (χ4n) is 3.23. The van der Waals surface area contributed by atoms with Crippen LogP contribution in [0.4, 0.5) is 0 Å². The largest absolute Gasteiger partial charge is 0.342 e. The SMILES string of the molecule is CC(C)n1cnnc1C[C@H]1CCCN(C(=O)Cc2cccs2)C1. The van der Waals surface area contributed by atoms with Gasteiger partial charge in [-0.25, -0.2) is 0 Å². The number of likely N-dealkylation sites (tertiary alicyclic amines) is 1. The lowest BCUT2D eigenvalue weighted by molar-refractivity contribution is -0.132. The van der Waals surface area contributed by atoms with Crippen molar-refractivity contribution in [3.05, 3.63) is 34.5 Å². The number of carbonyl (C=O) groups is 1. The number of piperidine rings is 1. The van der Waals surface area contributed by atoms with Gasteiger partial charge in [0.05, 0.1) is 6.42 Å². The first kappa shape index (κ1) is 16.2. The number of amides is 1. The molecule has 1 amide bonds. The van der Waals surface area contributed by atoms with E-state index in [0.717, 1.165) is 43.1 Å². The van der Waals surface area contributed by atoms with E-state index < -0.39 is 0 Å². The molecule has 0 bridgehead atoms. The summed E-state index contributed by atoms with van der Waals surface area (Å²) in [5, 5.41) is 10.3. The third-order valence-corrected chi connectivity index (χ3v) is 5.33. The molecular formula is C17H24N4OS. The van der Waals surface area contributed by atoms with Crippen LogP contribution in [0.3, 0.4) is 0 Å². The molecule has 1 aliphatic rings. The van der Waals surface area contributed by atoms with Crippen LogP contribution in [-0.4, -0.2) is 38.7 Å². The number of carbonyl (C=O) groups excluding carboxylic acids is 1. The van der Waals surface area contributed by atoms with Crippen LogP contribution in [0.1, 0.15) is 43.4 Å². The molecule has 5 nitrogen and oxygen atoms in total. The average Bonchev–Trinajstić information content (AvgIpc) is 3.19. The molecule has 3 rings (SSSR count). The van der Waals surface area contributed by atoms with Crippen molar-refractivity contribution in [2.45, 2.75) is 45.6 Å². The van der Waals surface area contributed by atoms with E-state index in [9.17, 15) is 4.79 Å². The number of hydrogen-bond donors (Lipinski definition) is 0. The Balaban J connectivity index is 1.59. The third-order valence-electron chi connectivity index (χ3n) is 4.45. The van der Waals surface area contributed by atoms with Crippen molar-refractivity contribution in [2.24, 2.45) is 5.92 Å². The molecule has 0 N–H and O–H groups in total. The molecule has 1 atom stereocenters. The Morgan fingerprint density at radius 3 is 3.09 bits per heavy atom. The standard InChI is InChI=1S/C17H24N4OS/c1-13(2)21-12-18-19-16(21)9-14-5-3-7-20(11-14)17(22)10-15-6-4-8-23-15/h4,6,8,12-14H,3,5,7,9-11H2,1-2H3/t14-/m1/s1. The highest BCUT2D eigenvalue weighted by atomic mass is 32.1. The van der Waals surface area contributed by atoms with Crippen LogP contribution in [0.15, 0.2) is 23.8 Å². The monoisotopic (exact) mass is 332 g/mol. The molecule has 0 unspecified atom stereocenters. The van der Waals surface area contributed by atoms with Gasteiger partial charge in [-0.15, -0.1) is 21.5 Å². The van der Waals surface area contributed by atoms with Gasteiger partial charge in [-0.3, -0.25) is 4.79 Å². The molecule has 2 aromatic rings. The number of thiophene rings is 1. The minimum absolute atomic E-state index is 0.252. The maximum atomic E-state index is 12.5. The Bertz CT molecular complexity index is 635. The molecule has 124 valence electrons. The normalized spacial score (nSPS) is 18.6. The van der Waals surface area contributed by atoms with Crippen molar-refractivity contribution >= 4 is 17.2 Å². The fourth-order valence-corrected chi connectivity index (χ4v) is 3.93. The number of rotatable bonds is 5. The summed E-state index contributed by atoms with van der Waals surface area (Å²) in [6, 6.07) is 4.42. The molecule has 0 aromatic carbocycles. The summed E-state index contributed by atoms with van der Waals surface area (Å²) in [6.45, 7) is 6.02. The number of nitrogens with zero attached hydrogens (tertiary/aromatic N) is 4. The smallest absolute Gasteiger partial charge is 0.227 e. The van der Waals surface area contributed by atoms with Gasteiger partial charge in [0.15, 0.2) is 0 Å². The van der Waals surface area contributed by atoms with E-state index in [1.54, 1.807) is 11.3 Å². The van der Waals surface area contributed by atoms with Crippen LogP contribution in [0.2, 0.25) is 0 Å². The fraction of sp³-hybridized carbons (Fsp3) is 0.588. The van der Waals surface area contributed by atoms with Gasteiger partial charge in [0.25, 0.3) is 0 Å². The van der Waals surface area contributed by atoms with Gasteiger partial charge in [-0.05, 0) is 44.1 Å². The van der Waals surface area contributed by atoms with Crippen molar-refractivity contribution in [3.8, 4) is 0 Å². The van der Waals surface area contributed by atoms with Crippen molar-refractivity contribution in [3.63, 3.8) is 0 Å². The maximum absolute atomic E-state index is 12.5. The molecule has 1 fully saturated rings. The second-order valence-electron chi connectivity index (χ2n) is 6.56. The van der Waals surface area contributed by atoms with Crippen LogP contribution in [0.25, 0.3) is 0 Å². The number of aromatic nitrogens is 3. The van der Waals surface area contributed by atoms with E-state index in [2.05, 4.69) is 28.6 Å². The first-order chi connectivity index (χ1) is 11.1. The van der Waals surface area contributed by atoms with Crippen LogP contribution < -0.4 is 0 Å². The zero-order valence-corrected chi connectivity index (χ0v) is 14.6. The van der Waals surface area contributed by atoms with E-state index in [1.807, 2.05) is 28.7 Å². The van der Waals surface area contributed by atoms with Gasteiger partial charge in [0.1, 0.15) is 12.2 Å². The van der Waals surface area contributed by atoms with Gasteiger partial charge < -0.3 is 9.47 Å². The molecule has 1 aliphatic heterocycles. The Kier molecular flexibility index (Phi) is 5.10. The predicted octanol–water partition coefficient (Wildman–Crippen LogP) is 2.94. The van der Waals surface area contributed by atoms with E-state index in [-0.39, 0.29) is 5.91 Å². The molecule has 1 saturated heterocycles. The van der Waals surface area contributed by atoms with E-state index >= 15 is 0 Å². The molecule has 0 saturated carbocycles. The Hall–Kier alpha value is -1.69. The van der Waals surface area contributed by atoms with Gasteiger partial charge in [-0.2, -0.15) is 0 Å². The molecule has 6 heteroatoms. The lowest BCUT2D eigenvalue weighted by Gasteiger charge is -2.32. The summed E-state index contributed by atoms with van der Waals surface area (Å²) in [7, 11) is 0. The Labute approximate surface area is 141 Å². The molecule has 23 heavy (non-hydrogen) atoms. The molecule has 3 heterocycles. The quantitative estimate of drug-likeness (QED) is 0.846. The minimum atomic E-state index is 0.252. The van der Waals surface area contributed by atoms with E-state index in [0.29, 0.717) is 18.4 Å². The first-order valence-corrected chi connectivity index (χ1v) is 9.20. The summed E-state index contributed by atoms with van der Waals surface area (Å²) >= 11 is 1.66. The van der Waals surface area contributed by atoms with E-state index in [4.69, 9.17) is 0 Å². The lowest BCUT2D eigenvalue weighted by Crippen LogP contribution is -2.41. The molecular weight excluding hydrogens is 308 g/mol. The van der Waals surface area contributed by atoms with Crippen LogP contribution in [0.5, 0.6) is 0 Å². The topological polar surface area (TPSA) is 51.0 Å². The lowest BCUT2D eigenvalue weighted by atomic mass is 9.94. The second kappa shape index (κ2) is 7.25. The second-order valence-corrected chi connectivity index (χ2v) is 7.59. The third kappa shape index (κ3) is 3.99. The molecule has 0 spiro atoms. The summed E-state index contributed by atoms with van der Waals surface area (Å²) < 4.78 is 2.13.